The van der Waals surface area contributed by atoms with E-state index in [2.05, 4.69) is 18.2 Å². The van der Waals surface area contributed by atoms with Gasteiger partial charge in [0.1, 0.15) is 24.2 Å². The summed E-state index contributed by atoms with van der Waals surface area (Å²) in [6.45, 7) is 0.406. The maximum Gasteiger partial charge on any atom is 0.410 e. The molecular formula is C28H25N5O4. The van der Waals surface area contributed by atoms with Crippen LogP contribution in [0.2, 0.25) is 0 Å². The fourth-order valence-electron chi connectivity index (χ4n) is 5.06. The van der Waals surface area contributed by atoms with E-state index in [-0.39, 0.29) is 31.0 Å². The number of carbonyl (C=O) groups excluding carboxylic acids is 1. The molecule has 1 heterocycles. The molecule has 0 fully saturated rings. The van der Waals surface area contributed by atoms with Gasteiger partial charge in [-0.15, -0.1) is 0 Å². The van der Waals surface area contributed by atoms with Crippen molar-refractivity contribution in [3.05, 3.63) is 82.6 Å². The van der Waals surface area contributed by atoms with Gasteiger partial charge in [-0.2, -0.15) is 15.8 Å². The predicted octanol–water partition coefficient (Wildman–Crippen LogP) is 3.77. The number of allylic oxidation sites excluding steroid dienone is 2. The molecule has 186 valence electrons. The van der Waals surface area contributed by atoms with Gasteiger partial charge in [0.2, 0.25) is 0 Å². The van der Waals surface area contributed by atoms with Gasteiger partial charge in [0.05, 0.1) is 37.6 Å². The highest BCUT2D eigenvalue weighted by Crippen LogP contribution is 2.56. The average molecular weight is 496 g/mol. The summed E-state index contributed by atoms with van der Waals surface area (Å²) in [5, 5.41) is 30.6. The lowest BCUT2D eigenvalue weighted by Crippen LogP contribution is -2.49. The molecule has 2 aromatic carbocycles. The lowest BCUT2D eigenvalue weighted by molar-refractivity contribution is 0.0897. The van der Waals surface area contributed by atoms with Crippen molar-refractivity contribution < 1.29 is 19.0 Å². The molecule has 2 atom stereocenters. The zero-order valence-corrected chi connectivity index (χ0v) is 20.5. The van der Waals surface area contributed by atoms with Gasteiger partial charge in [0.15, 0.2) is 5.41 Å². The molecule has 9 heteroatoms. The highest BCUT2D eigenvalue weighted by atomic mass is 16.6. The van der Waals surface area contributed by atoms with Crippen LogP contribution in [0.3, 0.4) is 0 Å². The molecule has 0 bridgehead atoms. The van der Waals surface area contributed by atoms with Crippen molar-refractivity contribution in [3.63, 3.8) is 0 Å². The third kappa shape index (κ3) is 4.30. The Bertz CT molecular complexity index is 1380. The number of fused-ring (bicyclic) bond motifs is 1. The first-order valence-corrected chi connectivity index (χ1v) is 11.5. The van der Waals surface area contributed by atoms with Crippen LogP contribution in [0.1, 0.15) is 17.0 Å². The smallest absolute Gasteiger partial charge is 0.410 e. The summed E-state index contributed by atoms with van der Waals surface area (Å²) in [6, 6.07) is 20.7. The molecule has 0 unspecified atom stereocenters. The number of hydrogen-bond donors (Lipinski definition) is 1. The molecule has 0 radical (unpaired) electrons. The number of ether oxygens (including phenoxy) is 3. The number of nitrogens with two attached hydrogens (primary N) is 1. The molecule has 4 rings (SSSR count). The van der Waals surface area contributed by atoms with E-state index in [1.807, 2.05) is 30.3 Å². The number of nitriles is 3. The molecule has 0 spiro atoms. The van der Waals surface area contributed by atoms with Crippen LogP contribution in [-0.2, 0) is 11.3 Å². The van der Waals surface area contributed by atoms with E-state index in [9.17, 15) is 20.6 Å². The van der Waals surface area contributed by atoms with E-state index in [0.717, 1.165) is 5.56 Å². The molecule has 0 saturated carbocycles. The zero-order chi connectivity index (χ0) is 26.6. The summed E-state index contributed by atoms with van der Waals surface area (Å²) in [7, 11) is 3.00. The van der Waals surface area contributed by atoms with Gasteiger partial charge >= 0.3 is 6.09 Å². The lowest BCUT2D eigenvalue weighted by Gasteiger charge is -2.45. The average Bonchev–Trinajstić information content (AvgIpc) is 2.95. The van der Waals surface area contributed by atoms with Gasteiger partial charge in [-0.1, -0.05) is 42.5 Å². The third-order valence-corrected chi connectivity index (χ3v) is 6.90. The van der Waals surface area contributed by atoms with Crippen LogP contribution >= 0.6 is 0 Å². The Kier molecular flexibility index (Phi) is 7.04. The Labute approximate surface area is 215 Å². The third-order valence-electron chi connectivity index (χ3n) is 6.90. The van der Waals surface area contributed by atoms with Crippen molar-refractivity contribution in [3.8, 4) is 29.7 Å². The Hall–Kier alpha value is -4.94. The van der Waals surface area contributed by atoms with Crippen molar-refractivity contribution in [2.75, 3.05) is 27.3 Å². The van der Waals surface area contributed by atoms with Crippen LogP contribution in [0, 0.1) is 45.3 Å². The normalized spacial score (nSPS) is 19.9. The Balaban J connectivity index is 1.79. The number of amides is 1. The zero-order valence-electron chi connectivity index (χ0n) is 20.5. The Morgan fingerprint density at radius 1 is 1.11 bits per heavy atom. The van der Waals surface area contributed by atoms with E-state index in [4.69, 9.17) is 19.9 Å². The number of methoxy groups -OCH3 is 2. The van der Waals surface area contributed by atoms with Crippen LogP contribution in [0.4, 0.5) is 4.79 Å². The monoisotopic (exact) mass is 495 g/mol. The molecule has 2 aromatic rings. The molecule has 1 aliphatic carbocycles. The van der Waals surface area contributed by atoms with E-state index in [1.165, 1.54) is 19.1 Å². The molecule has 0 aromatic heterocycles. The summed E-state index contributed by atoms with van der Waals surface area (Å²) in [6.07, 6.45) is 1.20. The maximum atomic E-state index is 13.0. The first-order chi connectivity index (χ1) is 17.9. The molecule has 2 N–H and O–H groups in total. The molecule has 0 saturated heterocycles. The van der Waals surface area contributed by atoms with Gasteiger partial charge in [-0.3, -0.25) is 0 Å². The van der Waals surface area contributed by atoms with Crippen LogP contribution in [-0.4, -0.2) is 38.3 Å². The van der Waals surface area contributed by atoms with Crippen LogP contribution in [0.15, 0.2) is 71.5 Å². The van der Waals surface area contributed by atoms with Crippen molar-refractivity contribution in [2.45, 2.75) is 12.5 Å². The van der Waals surface area contributed by atoms with Crippen LogP contribution in [0.5, 0.6) is 11.5 Å². The minimum Gasteiger partial charge on any atom is -0.497 e. The van der Waals surface area contributed by atoms with Crippen molar-refractivity contribution in [2.24, 2.45) is 17.1 Å². The number of rotatable bonds is 5. The highest BCUT2D eigenvalue weighted by molar-refractivity contribution is 5.70. The number of nitrogens with zero attached hydrogens (tertiary/aromatic N) is 4. The second-order valence-corrected chi connectivity index (χ2v) is 8.73. The fraction of sp³-hybridized carbons (Fsp3) is 0.286. The number of hydrogen-bond acceptors (Lipinski definition) is 8. The molecule has 1 aliphatic heterocycles. The van der Waals surface area contributed by atoms with Crippen LogP contribution in [0.25, 0.3) is 0 Å². The standard InChI is InChI=1S/C28H25N5O4/c1-35-19-8-9-21(24(12-19)36-2)25-23-14-33(27(34)37-15-18-6-4-3-5-7-18)11-10-20(23)22(13-29)26(32)28(25,16-30)17-31/h3-10,12,23,25H,11,14-15,32H2,1-2H3/t23-,25-/m1/s1. The SMILES string of the molecule is COc1ccc([C@@H]2[C@@H]3CN(C(=O)OCc4ccccc4)CC=C3C(C#N)=C(N)C2(C#N)C#N)c(OC)c1. The van der Waals surface area contributed by atoms with E-state index in [0.29, 0.717) is 22.6 Å². The van der Waals surface area contributed by atoms with Crippen LogP contribution < -0.4 is 15.2 Å². The summed E-state index contributed by atoms with van der Waals surface area (Å²) >= 11 is 0. The minimum absolute atomic E-state index is 0.0918. The minimum atomic E-state index is -1.87. The van der Waals surface area contributed by atoms with Crippen molar-refractivity contribution >= 4 is 6.09 Å². The largest absolute Gasteiger partial charge is 0.497 e. The second-order valence-electron chi connectivity index (χ2n) is 8.73. The highest BCUT2D eigenvalue weighted by Gasteiger charge is 2.55. The second kappa shape index (κ2) is 10.4. The van der Waals surface area contributed by atoms with Gasteiger partial charge < -0.3 is 24.8 Å². The fourth-order valence-corrected chi connectivity index (χ4v) is 5.06. The maximum absolute atomic E-state index is 13.0. The summed E-state index contributed by atoms with van der Waals surface area (Å²) in [5.41, 5.74) is 6.48. The molecule has 9 nitrogen and oxygen atoms in total. The van der Waals surface area contributed by atoms with Crippen molar-refractivity contribution in [1.29, 1.82) is 15.8 Å². The summed E-state index contributed by atoms with van der Waals surface area (Å²) in [4.78, 5) is 14.5. The van der Waals surface area contributed by atoms with Gasteiger partial charge in [0, 0.05) is 36.6 Å². The van der Waals surface area contributed by atoms with E-state index < -0.39 is 23.3 Å². The van der Waals surface area contributed by atoms with Gasteiger partial charge in [-0.25, -0.2) is 4.79 Å². The molecule has 2 aliphatic rings. The number of benzene rings is 2. The molecule has 37 heavy (non-hydrogen) atoms. The first-order valence-electron chi connectivity index (χ1n) is 11.5. The topological polar surface area (TPSA) is 145 Å². The lowest BCUT2D eigenvalue weighted by atomic mass is 9.58. The van der Waals surface area contributed by atoms with E-state index in [1.54, 1.807) is 24.3 Å². The summed E-state index contributed by atoms with van der Waals surface area (Å²) < 4.78 is 16.4. The molecular weight excluding hydrogens is 470 g/mol. The van der Waals surface area contributed by atoms with Gasteiger partial charge in [-0.05, 0) is 17.2 Å². The predicted molar refractivity (Wildman–Crippen MR) is 133 cm³/mol. The molecule has 1 amide bonds. The van der Waals surface area contributed by atoms with Gasteiger partial charge in [0.25, 0.3) is 0 Å². The number of carbonyl (C=O) groups is 1. The Morgan fingerprint density at radius 2 is 1.84 bits per heavy atom. The Morgan fingerprint density at radius 3 is 2.46 bits per heavy atom. The first kappa shape index (κ1) is 25.2. The quantitative estimate of drug-likeness (QED) is 0.660. The summed E-state index contributed by atoms with van der Waals surface area (Å²) in [5.74, 6) is -0.503. The van der Waals surface area contributed by atoms with Crippen molar-refractivity contribution in [1.82, 2.24) is 4.90 Å². The van der Waals surface area contributed by atoms with E-state index >= 15 is 0 Å².